The van der Waals surface area contributed by atoms with Crippen LogP contribution in [0.5, 0.6) is 0 Å². The number of fused-ring (bicyclic) bond motifs is 3. The molecular formula is C22H19ClN6O2S. The quantitative estimate of drug-likeness (QED) is 0.391. The lowest BCUT2D eigenvalue weighted by atomic mass is 10.2. The third-order valence-corrected chi connectivity index (χ3v) is 6.68. The van der Waals surface area contributed by atoms with E-state index in [2.05, 4.69) is 15.3 Å². The predicted octanol–water partition coefficient (Wildman–Crippen LogP) is 3.56. The fourth-order valence-corrected chi connectivity index (χ4v) is 4.80. The van der Waals surface area contributed by atoms with E-state index in [1.807, 2.05) is 48.3 Å². The normalized spacial score (nSPS) is 11.4. The minimum atomic E-state index is -3.88. The molecule has 0 spiro atoms. The van der Waals surface area contributed by atoms with Crippen LogP contribution in [0.1, 0.15) is 5.56 Å². The molecule has 0 amide bonds. The van der Waals surface area contributed by atoms with Gasteiger partial charge in [0, 0.05) is 31.4 Å². The molecule has 3 heterocycles. The summed E-state index contributed by atoms with van der Waals surface area (Å²) in [5, 5.41) is 8.81. The molecule has 10 heteroatoms. The Morgan fingerprint density at radius 2 is 1.72 bits per heavy atom. The van der Waals surface area contributed by atoms with Crippen molar-refractivity contribution in [3.8, 4) is 0 Å². The van der Waals surface area contributed by atoms with Gasteiger partial charge in [-0.15, -0.1) is 17.5 Å². The molecule has 8 nitrogen and oxygen atoms in total. The highest BCUT2D eigenvalue weighted by atomic mass is 35.5. The van der Waals surface area contributed by atoms with Crippen molar-refractivity contribution in [1.29, 1.82) is 0 Å². The van der Waals surface area contributed by atoms with Gasteiger partial charge in [0.15, 0.2) is 5.65 Å². The van der Waals surface area contributed by atoms with E-state index in [0.717, 1.165) is 16.5 Å². The Labute approximate surface area is 190 Å². The SMILES string of the molecule is CN(Cc1cccnc1)c1nc2c(S(=O)(=O)c3ccccc3)nnn2c2ccccc12.Cl. The fourth-order valence-electron chi connectivity index (χ4n) is 3.55. The van der Waals surface area contributed by atoms with Crippen molar-refractivity contribution in [2.45, 2.75) is 16.5 Å². The minimum Gasteiger partial charge on any atom is -0.355 e. The molecule has 0 bridgehead atoms. The smallest absolute Gasteiger partial charge is 0.229 e. The zero-order valence-electron chi connectivity index (χ0n) is 17.0. The number of rotatable bonds is 5. The fraction of sp³-hybridized carbons (Fsp3) is 0.0909. The second-order valence-electron chi connectivity index (χ2n) is 7.12. The number of halogens is 1. The van der Waals surface area contributed by atoms with Crippen LogP contribution < -0.4 is 4.90 Å². The maximum absolute atomic E-state index is 13.2. The zero-order valence-corrected chi connectivity index (χ0v) is 18.7. The van der Waals surface area contributed by atoms with Gasteiger partial charge in [0.1, 0.15) is 5.82 Å². The lowest BCUT2D eigenvalue weighted by molar-refractivity contribution is 0.592. The van der Waals surface area contributed by atoms with Crippen molar-refractivity contribution < 1.29 is 8.42 Å². The molecule has 0 N–H and O–H groups in total. The minimum absolute atomic E-state index is 0. The summed E-state index contributed by atoms with van der Waals surface area (Å²) < 4.78 is 28.0. The molecule has 5 aromatic rings. The number of sulfone groups is 1. The predicted molar refractivity (Wildman–Crippen MR) is 124 cm³/mol. The summed E-state index contributed by atoms with van der Waals surface area (Å²) in [6.07, 6.45) is 3.52. The van der Waals surface area contributed by atoms with Crippen LogP contribution in [0.25, 0.3) is 16.6 Å². The van der Waals surface area contributed by atoms with E-state index in [4.69, 9.17) is 4.98 Å². The molecule has 3 aromatic heterocycles. The van der Waals surface area contributed by atoms with Crippen LogP contribution in [-0.2, 0) is 16.4 Å². The summed E-state index contributed by atoms with van der Waals surface area (Å²) in [5.41, 5.74) is 1.93. The largest absolute Gasteiger partial charge is 0.355 e. The highest BCUT2D eigenvalue weighted by Gasteiger charge is 2.27. The van der Waals surface area contributed by atoms with Gasteiger partial charge in [-0.2, -0.15) is 4.52 Å². The van der Waals surface area contributed by atoms with Crippen molar-refractivity contribution in [2.75, 3.05) is 11.9 Å². The van der Waals surface area contributed by atoms with Crippen LogP contribution >= 0.6 is 12.4 Å². The van der Waals surface area contributed by atoms with Gasteiger partial charge < -0.3 is 4.90 Å². The average molecular weight is 467 g/mol. The van der Waals surface area contributed by atoms with E-state index < -0.39 is 9.84 Å². The van der Waals surface area contributed by atoms with Gasteiger partial charge in [-0.3, -0.25) is 4.98 Å². The number of para-hydroxylation sites is 1. The molecule has 2 aromatic carbocycles. The molecule has 32 heavy (non-hydrogen) atoms. The van der Waals surface area contributed by atoms with E-state index in [9.17, 15) is 8.42 Å². The standard InChI is InChI=1S/C22H18N6O2S.ClH/c1-27(15-16-8-7-13-23-14-16)20-18-11-5-6-12-19(18)28-21(24-20)22(25-26-28)31(29,30)17-9-3-2-4-10-17;/h2-14H,15H2,1H3;1H. The maximum Gasteiger partial charge on any atom is 0.229 e. The third-order valence-electron chi connectivity index (χ3n) is 5.01. The van der Waals surface area contributed by atoms with Crippen molar-refractivity contribution in [1.82, 2.24) is 24.8 Å². The summed E-state index contributed by atoms with van der Waals surface area (Å²) in [6.45, 7) is 0.559. The Morgan fingerprint density at radius 3 is 2.47 bits per heavy atom. The highest BCUT2D eigenvalue weighted by molar-refractivity contribution is 7.91. The maximum atomic E-state index is 13.2. The lowest BCUT2D eigenvalue weighted by Crippen LogP contribution is -2.19. The molecule has 0 aliphatic rings. The Kier molecular flexibility index (Phi) is 5.77. The topological polar surface area (TPSA) is 93.4 Å². The Bertz CT molecular complexity index is 1490. The second kappa shape index (κ2) is 8.52. The van der Waals surface area contributed by atoms with Crippen molar-refractivity contribution >= 4 is 44.6 Å². The first-order valence-electron chi connectivity index (χ1n) is 9.60. The van der Waals surface area contributed by atoms with E-state index in [-0.39, 0.29) is 28.0 Å². The molecule has 0 atom stereocenters. The summed E-state index contributed by atoms with van der Waals surface area (Å²) in [5.74, 6) is 0.638. The van der Waals surface area contributed by atoms with Crippen LogP contribution in [0.15, 0.2) is 89.0 Å². The number of anilines is 1. The summed E-state index contributed by atoms with van der Waals surface area (Å²) in [4.78, 5) is 11.0. The second-order valence-corrected chi connectivity index (χ2v) is 8.98. The van der Waals surface area contributed by atoms with E-state index in [0.29, 0.717) is 12.4 Å². The number of pyridine rings is 1. The van der Waals surface area contributed by atoms with Gasteiger partial charge in [0.2, 0.25) is 14.9 Å². The number of hydrogen-bond acceptors (Lipinski definition) is 7. The molecular weight excluding hydrogens is 448 g/mol. The first kappa shape index (κ1) is 21.7. The molecule has 0 unspecified atom stereocenters. The Balaban J connectivity index is 0.00000245. The van der Waals surface area contributed by atoms with Crippen molar-refractivity contribution in [3.05, 3.63) is 84.7 Å². The van der Waals surface area contributed by atoms with E-state index >= 15 is 0 Å². The summed E-state index contributed by atoms with van der Waals surface area (Å²) in [6, 6.07) is 19.6. The monoisotopic (exact) mass is 466 g/mol. The van der Waals surface area contributed by atoms with E-state index in [1.54, 1.807) is 30.6 Å². The first-order valence-corrected chi connectivity index (χ1v) is 11.1. The molecule has 0 fully saturated rings. The van der Waals surface area contributed by atoms with Gasteiger partial charge in [-0.1, -0.05) is 41.6 Å². The Hall–Kier alpha value is -3.56. The van der Waals surface area contributed by atoms with Crippen molar-refractivity contribution in [3.63, 3.8) is 0 Å². The zero-order chi connectivity index (χ0) is 21.4. The van der Waals surface area contributed by atoms with Crippen LogP contribution in [0.2, 0.25) is 0 Å². The number of hydrogen-bond donors (Lipinski definition) is 0. The van der Waals surface area contributed by atoms with Gasteiger partial charge in [-0.05, 0) is 35.9 Å². The summed E-state index contributed by atoms with van der Waals surface area (Å²) in [7, 11) is -1.97. The lowest BCUT2D eigenvalue weighted by Gasteiger charge is -2.20. The molecule has 5 rings (SSSR count). The first-order chi connectivity index (χ1) is 15.1. The average Bonchev–Trinajstić information content (AvgIpc) is 3.25. The number of benzene rings is 2. The molecule has 0 saturated carbocycles. The van der Waals surface area contributed by atoms with Gasteiger partial charge in [0.05, 0.1) is 10.4 Å². The number of aromatic nitrogens is 5. The molecule has 0 aliphatic heterocycles. The molecule has 162 valence electrons. The van der Waals surface area contributed by atoms with Crippen LogP contribution in [0, 0.1) is 0 Å². The highest BCUT2D eigenvalue weighted by Crippen LogP contribution is 2.29. The third kappa shape index (κ3) is 3.65. The van der Waals surface area contributed by atoms with E-state index in [1.165, 1.54) is 16.6 Å². The van der Waals surface area contributed by atoms with Gasteiger partial charge in [0.25, 0.3) is 0 Å². The van der Waals surface area contributed by atoms with Crippen LogP contribution in [-0.4, -0.2) is 40.3 Å². The Morgan fingerprint density at radius 1 is 0.969 bits per heavy atom. The molecule has 0 aliphatic carbocycles. The van der Waals surface area contributed by atoms with Crippen molar-refractivity contribution in [2.24, 2.45) is 0 Å². The van der Waals surface area contributed by atoms with Gasteiger partial charge >= 0.3 is 0 Å². The molecule has 0 saturated heterocycles. The summed E-state index contributed by atoms with van der Waals surface area (Å²) >= 11 is 0. The van der Waals surface area contributed by atoms with Crippen LogP contribution in [0.4, 0.5) is 5.82 Å². The number of nitrogens with zero attached hydrogens (tertiary/aromatic N) is 6. The molecule has 0 radical (unpaired) electrons. The van der Waals surface area contributed by atoms with Crippen LogP contribution in [0.3, 0.4) is 0 Å². The van der Waals surface area contributed by atoms with Gasteiger partial charge in [-0.25, -0.2) is 13.4 Å².